The summed E-state index contributed by atoms with van der Waals surface area (Å²) in [6.07, 6.45) is 4.06. The molecule has 0 amide bonds. The van der Waals surface area contributed by atoms with Crippen molar-refractivity contribution in [1.82, 2.24) is 5.32 Å². The van der Waals surface area contributed by atoms with Crippen LogP contribution < -0.4 is 5.32 Å². The molecule has 96 valence electrons. The molecule has 1 nitrogen and oxygen atoms in total. The van der Waals surface area contributed by atoms with Crippen molar-refractivity contribution in [1.29, 1.82) is 0 Å². The SMILES string of the molecule is CCSC1CCC(NCc2cc(Br)c(Br)s2)C1. The van der Waals surface area contributed by atoms with Crippen molar-refractivity contribution in [2.24, 2.45) is 0 Å². The van der Waals surface area contributed by atoms with E-state index in [1.54, 1.807) is 0 Å². The van der Waals surface area contributed by atoms with Crippen LogP contribution in [-0.2, 0) is 6.54 Å². The second-order valence-corrected chi connectivity index (χ2v) is 9.19. The Kier molecular flexibility index (Phi) is 5.87. The van der Waals surface area contributed by atoms with E-state index in [4.69, 9.17) is 0 Å². The van der Waals surface area contributed by atoms with Crippen molar-refractivity contribution < 1.29 is 0 Å². The van der Waals surface area contributed by atoms with Crippen LogP contribution in [0.25, 0.3) is 0 Å². The van der Waals surface area contributed by atoms with Gasteiger partial charge in [0.15, 0.2) is 0 Å². The molecule has 1 fully saturated rings. The Morgan fingerprint density at radius 2 is 2.29 bits per heavy atom. The zero-order chi connectivity index (χ0) is 12.3. The lowest BCUT2D eigenvalue weighted by Crippen LogP contribution is -2.25. The zero-order valence-corrected chi connectivity index (χ0v) is 14.6. The molecule has 2 unspecified atom stereocenters. The zero-order valence-electron chi connectivity index (χ0n) is 9.84. The number of nitrogens with one attached hydrogen (secondary N) is 1. The normalized spacial score (nSPS) is 24.4. The molecular weight excluding hydrogens is 382 g/mol. The van der Waals surface area contributed by atoms with Crippen molar-refractivity contribution in [2.45, 2.75) is 44.0 Å². The highest BCUT2D eigenvalue weighted by molar-refractivity contribution is 9.13. The third kappa shape index (κ3) is 4.23. The molecule has 0 bridgehead atoms. The van der Waals surface area contributed by atoms with Crippen molar-refractivity contribution in [3.8, 4) is 0 Å². The van der Waals surface area contributed by atoms with Gasteiger partial charge in [-0.25, -0.2) is 0 Å². The molecule has 1 N–H and O–H groups in total. The molecular formula is C12H17Br2NS2. The fraction of sp³-hybridized carbons (Fsp3) is 0.667. The standard InChI is InChI=1S/C12H17Br2NS2/c1-2-16-9-4-3-8(5-9)15-7-10-6-11(13)12(14)17-10/h6,8-9,15H,2-5,7H2,1H3. The Labute approximate surface area is 128 Å². The summed E-state index contributed by atoms with van der Waals surface area (Å²) in [6.45, 7) is 3.26. The molecule has 1 saturated carbocycles. The largest absolute Gasteiger partial charge is 0.309 e. The fourth-order valence-electron chi connectivity index (χ4n) is 2.24. The van der Waals surface area contributed by atoms with E-state index in [-0.39, 0.29) is 0 Å². The van der Waals surface area contributed by atoms with Gasteiger partial charge in [0, 0.05) is 27.2 Å². The van der Waals surface area contributed by atoms with Crippen LogP contribution in [0.15, 0.2) is 14.3 Å². The van der Waals surface area contributed by atoms with E-state index in [2.05, 4.69) is 61.9 Å². The third-order valence-corrected chi connectivity index (χ3v) is 7.54. The molecule has 1 aliphatic carbocycles. The van der Waals surface area contributed by atoms with Gasteiger partial charge < -0.3 is 5.32 Å². The number of thiophene rings is 1. The first-order valence-electron chi connectivity index (χ1n) is 5.97. The third-order valence-electron chi connectivity index (χ3n) is 3.05. The highest BCUT2D eigenvalue weighted by Crippen LogP contribution is 2.33. The summed E-state index contributed by atoms with van der Waals surface area (Å²) in [7, 11) is 0. The molecule has 17 heavy (non-hydrogen) atoms. The number of rotatable bonds is 5. The van der Waals surface area contributed by atoms with Gasteiger partial charge in [0.05, 0.1) is 3.79 Å². The van der Waals surface area contributed by atoms with Crippen LogP contribution in [0.1, 0.15) is 31.1 Å². The summed E-state index contributed by atoms with van der Waals surface area (Å²) in [4.78, 5) is 1.40. The lowest BCUT2D eigenvalue weighted by molar-refractivity contribution is 0.528. The number of halogens is 2. The number of hydrogen-bond acceptors (Lipinski definition) is 3. The summed E-state index contributed by atoms with van der Waals surface area (Å²) in [5.41, 5.74) is 0. The van der Waals surface area contributed by atoms with Gasteiger partial charge in [-0.2, -0.15) is 11.8 Å². The van der Waals surface area contributed by atoms with Crippen LogP contribution in [0.2, 0.25) is 0 Å². The molecule has 1 aliphatic rings. The van der Waals surface area contributed by atoms with Crippen LogP contribution in [0.5, 0.6) is 0 Å². The molecule has 2 rings (SSSR count). The van der Waals surface area contributed by atoms with E-state index in [9.17, 15) is 0 Å². The molecule has 0 radical (unpaired) electrons. The maximum atomic E-state index is 3.68. The Morgan fingerprint density at radius 1 is 1.47 bits per heavy atom. The first kappa shape index (κ1) is 14.4. The van der Waals surface area contributed by atoms with Gasteiger partial charge in [0.2, 0.25) is 0 Å². The summed E-state index contributed by atoms with van der Waals surface area (Å²) in [5.74, 6) is 1.25. The number of hydrogen-bond donors (Lipinski definition) is 1. The van der Waals surface area contributed by atoms with Crippen molar-refractivity contribution in [2.75, 3.05) is 5.75 Å². The quantitative estimate of drug-likeness (QED) is 0.745. The second kappa shape index (κ2) is 6.94. The minimum absolute atomic E-state index is 0.721. The molecule has 1 aromatic heterocycles. The molecule has 0 saturated heterocycles. The van der Waals surface area contributed by atoms with Crippen LogP contribution in [0.3, 0.4) is 0 Å². The maximum absolute atomic E-state index is 3.68. The summed E-state index contributed by atoms with van der Waals surface area (Å²) in [5, 5.41) is 4.57. The fourth-order valence-corrected chi connectivity index (χ4v) is 5.51. The van der Waals surface area contributed by atoms with E-state index in [1.165, 1.54) is 38.2 Å². The smallest absolute Gasteiger partial charge is 0.0843 e. The van der Waals surface area contributed by atoms with E-state index >= 15 is 0 Å². The number of thioether (sulfide) groups is 1. The Morgan fingerprint density at radius 3 is 2.94 bits per heavy atom. The van der Waals surface area contributed by atoms with Crippen LogP contribution in [0, 0.1) is 0 Å². The highest BCUT2D eigenvalue weighted by atomic mass is 79.9. The van der Waals surface area contributed by atoms with E-state index in [0.717, 1.165) is 17.8 Å². The van der Waals surface area contributed by atoms with Gasteiger partial charge in [-0.15, -0.1) is 11.3 Å². The molecule has 1 heterocycles. The Hall–Kier alpha value is 0.970. The molecule has 2 atom stereocenters. The van der Waals surface area contributed by atoms with E-state index < -0.39 is 0 Å². The Balaban J connectivity index is 1.76. The first-order valence-corrected chi connectivity index (χ1v) is 9.43. The van der Waals surface area contributed by atoms with Crippen LogP contribution in [-0.4, -0.2) is 17.0 Å². The lowest BCUT2D eigenvalue weighted by Gasteiger charge is -2.12. The maximum Gasteiger partial charge on any atom is 0.0843 e. The molecule has 0 aliphatic heterocycles. The van der Waals surface area contributed by atoms with Crippen molar-refractivity contribution in [3.63, 3.8) is 0 Å². The molecule has 0 aromatic carbocycles. The Bertz CT molecular complexity index is 348. The molecule has 0 spiro atoms. The van der Waals surface area contributed by atoms with Gasteiger partial charge in [0.1, 0.15) is 0 Å². The van der Waals surface area contributed by atoms with Gasteiger partial charge in [0.25, 0.3) is 0 Å². The first-order chi connectivity index (χ1) is 8.19. The lowest BCUT2D eigenvalue weighted by atomic mass is 10.2. The topological polar surface area (TPSA) is 12.0 Å². The van der Waals surface area contributed by atoms with Crippen LogP contribution >= 0.6 is 55.0 Å². The predicted molar refractivity (Wildman–Crippen MR) is 86.1 cm³/mol. The van der Waals surface area contributed by atoms with Gasteiger partial charge in [-0.1, -0.05) is 6.92 Å². The summed E-state index contributed by atoms with van der Waals surface area (Å²) >= 11 is 11.0. The van der Waals surface area contributed by atoms with Gasteiger partial charge >= 0.3 is 0 Å². The predicted octanol–water partition coefficient (Wildman–Crippen LogP) is 5.04. The average molecular weight is 399 g/mol. The monoisotopic (exact) mass is 397 g/mol. The van der Waals surface area contributed by atoms with Crippen molar-refractivity contribution in [3.05, 3.63) is 19.2 Å². The minimum atomic E-state index is 0.721. The average Bonchev–Trinajstić information content (AvgIpc) is 2.85. The van der Waals surface area contributed by atoms with Gasteiger partial charge in [-0.3, -0.25) is 0 Å². The summed E-state index contributed by atoms with van der Waals surface area (Å²) < 4.78 is 2.37. The minimum Gasteiger partial charge on any atom is -0.309 e. The second-order valence-electron chi connectivity index (χ2n) is 4.30. The highest BCUT2D eigenvalue weighted by Gasteiger charge is 2.24. The van der Waals surface area contributed by atoms with E-state index in [0.29, 0.717) is 0 Å². The van der Waals surface area contributed by atoms with Gasteiger partial charge in [-0.05, 0) is 62.9 Å². The van der Waals surface area contributed by atoms with E-state index in [1.807, 2.05) is 11.3 Å². The van der Waals surface area contributed by atoms with Crippen molar-refractivity contribution >= 4 is 55.0 Å². The molecule has 5 heteroatoms. The summed E-state index contributed by atoms with van der Waals surface area (Å²) in [6, 6.07) is 2.92. The molecule has 1 aromatic rings. The van der Waals surface area contributed by atoms with Crippen LogP contribution in [0.4, 0.5) is 0 Å².